The summed E-state index contributed by atoms with van der Waals surface area (Å²) in [6, 6.07) is 0. The van der Waals surface area contributed by atoms with Crippen molar-refractivity contribution in [1.82, 2.24) is 0 Å². The molecule has 0 atom stereocenters. The van der Waals surface area contributed by atoms with Crippen molar-refractivity contribution in [2.45, 2.75) is 51.6 Å². The van der Waals surface area contributed by atoms with E-state index in [0.29, 0.717) is 6.42 Å². The van der Waals surface area contributed by atoms with Gasteiger partial charge in [-0.05, 0) is 25.7 Å². The van der Waals surface area contributed by atoms with Crippen LogP contribution in [0, 0.1) is 0 Å². The Hall–Kier alpha value is 0.730. The van der Waals surface area contributed by atoms with Gasteiger partial charge in [-0.3, -0.25) is 4.79 Å². The second-order valence-corrected chi connectivity index (χ2v) is 3.10. The van der Waals surface area contributed by atoms with Gasteiger partial charge >= 0.3 is 43.7 Å². The maximum absolute atomic E-state index is 10.9. The van der Waals surface area contributed by atoms with E-state index in [-0.39, 0.29) is 49.8 Å². The van der Waals surface area contributed by atoms with Crippen molar-refractivity contribution >= 4 is 43.7 Å². The summed E-state index contributed by atoms with van der Waals surface area (Å²) in [6.45, 7) is 1.84. The first-order chi connectivity index (χ1) is 5.33. The number of ether oxygens (including phenoxy) is 1. The van der Waals surface area contributed by atoms with Crippen molar-refractivity contribution in [2.24, 2.45) is 0 Å². The zero-order valence-corrected chi connectivity index (χ0v) is 7.14. The Morgan fingerprint density at radius 2 is 1.92 bits per heavy atom. The fraction of sp³-hybridized carbons (Fsp3) is 0.889. The molecule has 0 N–H and O–H groups in total. The average molecular weight is 198 g/mol. The summed E-state index contributed by atoms with van der Waals surface area (Å²) in [6.07, 6.45) is 6.65. The van der Waals surface area contributed by atoms with Crippen LogP contribution in [0.1, 0.15) is 45.4 Å². The third kappa shape index (κ3) is 4.68. The molecule has 0 bridgehead atoms. The molecule has 1 fully saturated rings. The van der Waals surface area contributed by atoms with Crippen molar-refractivity contribution in [3.63, 3.8) is 0 Å². The molecule has 1 rings (SSSR count). The van der Waals surface area contributed by atoms with Gasteiger partial charge in [0.25, 0.3) is 0 Å². The topological polar surface area (TPSA) is 26.3 Å². The summed E-state index contributed by atoms with van der Waals surface area (Å²) in [7, 11) is 0. The Morgan fingerprint density at radius 3 is 2.42 bits per heavy atom. The van der Waals surface area contributed by atoms with Crippen LogP contribution >= 0.6 is 0 Å². The normalized spacial score (nSPS) is 18.1. The van der Waals surface area contributed by atoms with Crippen molar-refractivity contribution < 1.29 is 9.53 Å². The second-order valence-electron chi connectivity index (χ2n) is 3.10. The molecular formula is C9H18CaO2. The van der Waals surface area contributed by atoms with Crippen LogP contribution < -0.4 is 0 Å². The van der Waals surface area contributed by atoms with E-state index < -0.39 is 0 Å². The van der Waals surface area contributed by atoms with Gasteiger partial charge in [-0.15, -0.1) is 0 Å². The molecule has 0 radical (unpaired) electrons. The maximum atomic E-state index is 10.9. The molecule has 1 aliphatic rings. The Kier molecular flexibility index (Phi) is 7.60. The minimum absolute atomic E-state index is 0. The molecular weight excluding hydrogens is 180 g/mol. The van der Waals surface area contributed by atoms with E-state index in [1.807, 2.05) is 6.92 Å². The van der Waals surface area contributed by atoms with Crippen LogP contribution in [0.25, 0.3) is 0 Å². The number of rotatable bonds is 2. The third-order valence-corrected chi connectivity index (χ3v) is 2.14. The van der Waals surface area contributed by atoms with Crippen LogP contribution in [0.3, 0.4) is 0 Å². The molecule has 12 heavy (non-hydrogen) atoms. The van der Waals surface area contributed by atoms with Gasteiger partial charge < -0.3 is 4.74 Å². The van der Waals surface area contributed by atoms with Gasteiger partial charge in [0.15, 0.2) is 0 Å². The van der Waals surface area contributed by atoms with Gasteiger partial charge in [0.1, 0.15) is 6.10 Å². The molecule has 0 amide bonds. The van der Waals surface area contributed by atoms with Crippen LogP contribution in [-0.2, 0) is 9.53 Å². The van der Waals surface area contributed by atoms with Crippen molar-refractivity contribution in [2.75, 3.05) is 0 Å². The third-order valence-electron chi connectivity index (χ3n) is 2.14. The van der Waals surface area contributed by atoms with E-state index in [2.05, 4.69) is 0 Å². The number of esters is 1. The summed E-state index contributed by atoms with van der Waals surface area (Å²) in [5.74, 6) is -0.0445. The zero-order chi connectivity index (χ0) is 8.10. The molecule has 0 aliphatic heterocycles. The van der Waals surface area contributed by atoms with Crippen molar-refractivity contribution in [1.29, 1.82) is 0 Å². The summed E-state index contributed by atoms with van der Waals surface area (Å²) in [5, 5.41) is 0. The number of carbonyl (C=O) groups excluding carboxylic acids is 1. The van der Waals surface area contributed by atoms with Gasteiger partial charge in [-0.1, -0.05) is 13.3 Å². The first-order valence-corrected chi connectivity index (χ1v) is 4.52. The molecule has 2 nitrogen and oxygen atoms in total. The first kappa shape index (κ1) is 12.7. The molecule has 68 valence electrons. The molecule has 0 spiro atoms. The van der Waals surface area contributed by atoms with Crippen molar-refractivity contribution in [3.8, 4) is 0 Å². The molecule has 0 aromatic rings. The minimum atomic E-state index is -0.0445. The Bertz CT molecular complexity index is 130. The average Bonchev–Trinajstić information content (AvgIpc) is 2.06. The number of hydrogen-bond donors (Lipinski definition) is 0. The molecule has 0 unspecified atom stereocenters. The Labute approximate surface area is 104 Å². The molecule has 0 saturated heterocycles. The molecule has 1 aliphatic carbocycles. The molecule has 0 heterocycles. The van der Waals surface area contributed by atoms with Gasteiger partial charge in [0.2, 0.25) is 0 Å². The van der Waals surface area contributed by atoms with Crippen LogP contribution in [0.4, 0.5) is 0 Å². The van der Waals surface area contributed by atoms with Gasteiger partial charge in [-0.2, -0.15) is 0 Å². The van der Waals surface area contributed by atoms with Gasteiger partial charge in [-0.25, -0.2) is 0 Å². The quantitative estimate of drug-likeness (QED) is 0.494. The van der Waals surface area contributed by atoms with Gasteiger partial charge in [0, 0.05) is 6.42 Å². The fourth-order valence-corrected chi connectivity index (χ4v) is 1.45. The van der Waals surface area contributed by atoms with Crippen LogP contribution in [0.2, 0.25) is 0 Å². The molecule has 0 aromatic carbocycles. The van der Waals surface area contributed by atoms with Crippen LogP contribution in [-0.4, -0.2) is 49.8 Å². The Morgan fingerprint density at radius 1 is 1.33 bits per heavy atom. The summed E-state index contributed by atoms with van der Waals surface area (Å²) in [4.78, 5) is 10.9. The predicted molar refractivity (Wildman–Crippen MR) is 51.8 cm³/mol. The van der Waals surface area contributed by atoms with E-state index in [1.54, 1.807) is 0 Å². The summed E-state index contributed by atoms with van der Waals surface area (Å²) >= 11 is 0. The van der Waals surface area contributed by atoms with E-state index in [9.17, 15) is 4.79 Å². The van der Waals surface area contributed by atoms with E-state index in [1.165, 1.54) is 19.3 Å². The monoisotopic (exact) mass is 198 g/mol. The fourth-order valence-electron chi connectivity index (χ4n) is 1.45. The number of hydrogen-bond acceptors (Lipinski definition) is 2. The number of carbonyl (C=O) groups is 1. The molecule has 1 saturated carbocycles. The summed E-state index contributed by atoms with van der Waals surface area (Å²) in [5.41, 5.74) is 0. The zero-order valence-electron chi connectivity index (χ0n) is 7.14. The summed E-state index contributed by atoms with van der Waals surface area (Å²) < 4.78 is 5.20. The van der Waals surface area contributed by atoms with Crippen LogP contribution in [0.15, 0.2) is 0 Å². The second kappa shape index (κ2) is 7.16. The Balaban J connectivity index is 0.00000121. The van der Waals surface area contributed by atoms with E-state index in [4.69, 9.17) is 4.74 Å². The van der Waals surface area contributed by atoms with Crippen molar-refractivity contribution in [3.05, 3.63) is 0 Å². The standard InChI is InChI=1S/C9H16O2.Ca.2H/c1-2-9(10)11-8-6-4-3-5-7-8;;;/h8H,2-7H2,1H3;;;. The predicted octanol–water partition coefficient (Wildman–Crippen LogP) is 1.36. The van der Waals surface area contributed by atoms with Gasteiger partial charge in [0.05, 0.1) is 0 Å². The van der Waals surface area contributed by atoms with Crippen LogP contribution in [0.5, 0.6) is 0 Å². The molecule has 3 heteroatoms. The SMILES string of the molecule is CCC(=O)OC1CCCCC1.[CaH2]. The van der Waals surface area contributed by atoms with E-state index in [0.717, 1.165) is 12.8 Å². The molecule has 0 aromatic heterocycles. The van der Waals surface area contributed by atoms with E-state index >= 15 is 0 Å². The first-order valence-electron chi connectivity index (χ1n) is 4.52.